The Morgan fingerprint density at radius 3 is 2.41 bits per heavy atom. The van der Waals surface area contributed by atoms with Crippen LogP contribution in [0.15, 0.2) is 12.1 Å². The zero-order valence-corrected chi connectivity index (χ0v) is 8.12. The SMILES string of the molecule is Nc1cc(C=O)c(OC(F)(F)F)cc1C(=O)O. The summed E-state index contributed by atoms with van der Waals surface area (Å²) in [6.45, 7) is 0. The first-order chi connectivity index (χ1) is 7.74. The molecule has 0 radical (unpaired) electrons. The number of carboxylic acid groups (broad SMARTS) is 1. The van der Waals surface area contributed by atoms with Crippen molar-refractivity contribution in [3.8, 4) is 5.75 Å². The monoisotopic (exact) mass is 249 g/mol. The second-order valence-electron chi connectivity index (χ2n) is 2.95. The number of aromatic carboxylic acids is 1. The van der Waals surface area contributed by atoms with Gasteiger partial charge in [-0.2, -0.15) is 0 Å². The number of hydrogen-bond acceptors (Lipinski definition) is 4. The number of aldehydes is 1. The van der Waals surface area contributed by atoms with Gasteiger partial charge in [0.25, 0.3) is 0 Å². The van der Waals surface area contributed by atoms with Gasteiger partial charge in [-0.05, 0) is 12.1 Å². The lowest BCUT2D eigenvalue weighted by atomic mass is 10.1. The molecule has 92 valence electrons. The number of rotatable bonds is 3. The molecule has 8 heteroatoms. The van der Waals surface area contributed by atoms with Crippen molar-refractivity contribution in [3.05, 3.63) is 23.3 Å². The second kappa shape index (κ2) is 4.32. The van der Waals surface area contributed by atoms with Gasteiger partial charge >= 0.3 is 12.3 Å². The van der Waals surface area contributed by atoms with Gasteiger partial charge in [0.2, 0.25) is 0 Å². The molecule has 1 aromatic carbocycles. The molecular formula is C9H6F3NO4. The Hall–Kier alpha value is -2.25. The minimum absolute atomic E-state index is 0.0864. The van der Waals surface area contributed by atoms with Crippen molar-refractivity contribution >= 4 is 17.9 Å². The summed E-state index contributed by atoms with van der Waals surface area (Å²) in [6.07, 6.45) is -4.94. The molecule has 1 aromatic rings. The maximum Gasteiger partial charge on any atom is 0.573 e. The van der Waals surface area contributed by atoms with Crippen molar-refractivity contribution in [3.63, 3.8) is 0 Å². The zero-order valence-electron chi connectivity index (χ0n) is 8.12. The van der Waals surface area contributed by atoms with Crippen LogP contribution in [0.4, 0.5) is 18.9 Å². The van der Waals surface area contributed by atoms with E-state index in [1.54, 1.807) is 0 Å². The Labute approximate surface area is 92.6 Å². The van der Waals surface area contributed by atoms with Gasteiger partial charge < -0.3 is 15.6 Å². The highest BCUT2D eigenvalue weighted by atomic mass is 19.4. The van der Waals surface area contributed by atoms with Crippen LogP contribution >= 0.6 is 0 Å². The molecule has 0 fully saturated rings. The zero-order chi connectivity index (χ0) is 13.2. The number of benzene rings is 1. The first kappa shape index (κ1) is 12.8. The highest BCUT2D eigenvalue weighted by Gasteiger charge is 2.32. The molecule has 0 bridgehead atoms. The van der Waals surface area contributed by atoms with Crippen molar-refractivity contribution in [1.82, 2.24) is 0 Å². The quantitative estimate of drug-likeness (QED) is 0.628. The standard InChI is InChI=1S/C9H6F3NO4/c10-9(11,12)17-7-2-5(8(15)16)6(13)1-4(7)3-14/h1-3H,13H2,(H,15,16). The van der Waals surface area contributed by atoms with E-state index >= 15 is 0 Å². The summed E-state index contributed by atoms with van der Waals surface area (Å²) >= 11 is 0. The third-order valence-electron chi connectivity index (χ3n) is 1.77. The minimum Gasteiger partial charge on any atom is -0.478 e. The topological polar surface area (TPSA) is 89.6 Å². The van der Waals surface area contributed by atoms with Crippen molar-refractivity contribution in [2.24, 2.45) is 0 Å². The molecule has 0 amide bonds. The van der Waals surface area contributed by atoms with E-state index in [0.717, 1.165) is 6.07 Å². The summed E-state index contributed by atoms with van der Waals surface area (Å²) in [5, 5.41) is 8.65. The largest absolute Gasteiger partial charge is 0.573 e. The molecule has 3 N–H and O–H groups in total. The highest BCUT2D eigenvalue weighted by Crippen LogP contribution is 2.29. The number of anilines is 1. The fraction of sp³-hybridized carbons (Fsp3) is 0.111. The van der Waals surface area contributed by atoms with Crippen LogP contribution in [0, 0.1) is 0 Å². The summed E-state index contributed by atoms with van der Waals surface area (Å²) in [5.41, 5.74) is 3.87. The number of nitrogens with two attached hydrogens (primary N) is 1. The van der Waals surface area contributed by atoms with E-state index in [4.69, 9.17) is 10.8 Å². The molecule has 0 unspecified atom stereocenters. The number of ether oxygens (including phenoxy) is 1. The number of nitrogen functional groups attached to an aromatic ring is 1. The summed E-state index contributed by atoms with van der Waals surface area (Å²) < 4.78 is 39.4. The number of carbonyl (C=O) groups is 2. The highest BCUT2D eigenvalue weighted by molar-refractivity contribution is 5.96. The Morgan fingerprint density at radius 1 is 1.41 bits per heavy atom. The van der Waals surface area contributed by atoms with Crippen LogP contribution < -0.4 is 10.5 Å². The fourth-order valence-corrected chi connectivity index (χ4v) is 1.10. The van der Waals surface area contributed by atoms with Gasteiger partial charge in [-0.15, -0.1) is 13.2 Å². The van der Waals surface area contributed by atoms with Crippen molar-refractivity contribution in [1.29, 1.82) is 0 Å². The van der Waals surface area contributed by atoms with Crippen LogP contribution in [-0.2, 0) is 0 Å². The predicted octanol–water partition coefficient (Wildman–Crippen LogP) is 1.68. The van der Waals surface area contributed by atoms with E-state index in [1.807, 2.05) is 0 Å². The van der Waals surface area contributed by atoms with Crippen molar-refractivity contribution in [2.45, 2.75) is 6.36 Å². The lowest BCUT2D eigenvalue weighted by Gasteiger charge is -2.12. The maximum atomic E-state index is 12.0. The molecule has 0 heterocycles. The lowest BCUT2D eigenvalue weighted by Crippen LogP contribution is -2.19. The Kier molecular flexibility index (Phi) is 3.26. The average molecular weight is 249 g/mol. The molecule has 0 aromatic heterocycles. The average Bonchev–Trinajstić information content (AvgIpc) is 2.17. The van der Waals surface area contributed by atoms with Gasteiger partial charge in [-0.3, -0.25) is 4.79 Å². The lowest BCUT2D eigenvalue weighted by molar-refractivity contribution is -0.274. The maximum absolute atomic E-state index is 12.0. The Morgan fingerprint density at radius 2 is 2.00 bits per heavy atom. The Balaban J connectivity index is 3.31. The first-order valence-electron chi connectivity index (χ1n) is 4.12. The third kappa shape index (κ3) is 3.10. The smallest absolute Gasteiger partial charge is 0.478 e. The van der Waals surface area contributed by atoms with Crippen LogP contribution in [0.25, 0.3) is 0 Å². The van der Waals surface area contributed by atoms with Crippen LogP contribution in [0.3, 0.4) is 0 Å². The number of hydrogen-bond donors (Lipinski definition) is 2. The normalized spacial score (nSPS) is 11.0. The minimum atomic E-state index is -5.02. The molecule has 0 aliphatic carbocycles. The molecule has 0 saturated carbocycles. The van der Waals surface area contributed by atoms with E-state index in [0.29, 0.717) is 6.07 Å². The molecule has 1 rings (SSSR count). The number of halogens is 3. The Bertz CT molecular complexity index is 470. The second-order valence-corrected chi connectivity index (χ2v) is 2.95. The van der Waals surface area contributed by atoms with Gasteiger partial charge in [-0.25, -0.2) is 4.79 Å². The molecule has 0 saturated heterocycles. The van der Waals surface area contributed by atoms with Crippen LogP contribution in [-0.4, -0.2) is 23.7 Å². The van der Waals surface area contributed by atoms with Crippen LogP contribution in [0.1, 0.15) is 20.7 Å². The molecule has 17 heavy (non-hydrogen) atoms. The van der Waals surface area contributed by atoms with E-state index in [1.165, 1.54) is 0 Å². The third-order valence-corrected chi connectivity index (χ3v) is 1.77. The van der Waals surface area contributed by atoms with Crippen molar-refractivity contribution in [2.75, 3.05) is 5.73 Å². The molecule has 0 aliphatic heterocycles. The molecule has 5 nitrogen and oxygen atoms in total. The van der Waals surface area contributed by atoms with E-state index in [9.17, 15) is 22.8 Å². The van der Waals surface area contributed by atoms with Crippen molar-refractivity contribution < 1.29 is 32.6 Å². The van der Waals surface area contributed by atoms with E-state index in [2.05, 4.69) is 4.74 Å². The van der Waals surface area contributed by atoms with Gasteiger partial charge in [0, 0.05) is 5.69 Å². The van der Waals surface area contributed by atoms with Crippen LogP contribution in [0.2, 0.25) is 0 Å². The summed E-state index contributed by atoms with van der Waals surface area (Å²) in [6, 6.07) is 1.35. The summed E-state index contributed by atoms with van der Waals surface area (Å²) in [7, 11) is 0. The summed E-state index contributed by atoms with van der Waals surface area (Å²) in [4.78, 5) is 21.1. The molecule has 0 aliphatic rings. The summed E-state index contributed by atoms with van der Waals surface area (Å²) in [5.74, 6) is -2.42. The van der Waals surface area contributed by atoms with Gasteiger partial charge in [-0.1, -0.05) is 0 Å². The molecule has 0 atom stereocenters. The molecule has 0 spiro atoms. The predicted molar refractivity (Wildman–Crippen MR) is 49.9 cm³/mol. The van der Waals surface area contributed by atoms with Crippen LogP contribution in [0.5, 0.6) is 5.75 Å². The van der Waals surface area contributed by atoms with E-state index in [-0.39, 0.29) is 12.0 Å². The molecular weight excluding hydrogens is 243 g/mol. The number of carbonyl (C=O) groups excluding carboxylic acids is 1. The van der Waals surface area contributed by atoms with Gasteiger partial charge in [0.1, 0.15) is 5.75 Å². The van der Waals surface area contributed by atoms with E-state index < -0.39 is 29.2 Å². The van der Waals surface area contributed by atoms with Gasteiger partial charge in [0.15, 0.2) is 6.29 Å². The number of carboxylic acids is 1. The number of alkyl halides is 3. The van der Waals surface area contributed by atoms with Gasteiger partial charge in [0.05, 0.1) is 11.1 Å². The fourth-order valence-electron chi connectivity index (χ4n) is 1.10. The first-order valence-corrected chi connectivity index (χ1v) is 4.12.